The van der Waals surface area contributed by atoms with Crippen molar-refractivity contribution in [2.24, 2.45) is 0 Å². The van der Waals surface area contributed by atoms with Gasteiger partial charge in [0.05, 0.1) is 16.7 Å². The first-order chi connectivity index (χ1) is 9.74. The summed E-state index contributed by atoms with van der Waals surface area (Å²) in [5.74, 6) is 0.620. The standard InChI is InChI=1S/C15H10N2O3/c18-17(19)15-10-11-4-1-2-6-13(11)16-14(15)8-7-12-5-3-9-20-12/h1-10H. The van der Waals surface area contributed by atoms with Gasteiger partial charge < -0.3 is 4.42 Å². The van der Waals surface area contributed by atoms with E-state index in [9.17, 15) is 10.1 Å². The number of hydrogen-bond acceptors (Lipinski definition) is 4. The molecule has 0 bridgehead atoms. The summed E-state index contributed by atoms with van der Waals surface area (Å²) in [6.45, 7) is 0. The number of benzene rings is 1. The van der Waals surface area contributed by atoms with E-state index in [1.165, 1.54) is 6.07 Å². The molecule has 5 heteroatoms. The summed E-state index contributed by atoms with van der Waals surface area (Å²) in [6.07, 6.45) is 4.79. The minimum absolute atomic E-state index is 0.0218. The van der Waals surface area contributed by atoms with Crippen LogP contribution in [0.5, 0.6) is 0 Å². The third kappa shape index (κ3) is 2.29. The van der Waals surface area contributed by atoms with Crippen molar-refractivity contribution in [3.8, 4) is 0 Å². The lowest BCUT2D eigenvalue weighted by atomic mass is 10.1. The van der Waals surface area contributed by atoms with E-state index < -0.39 is 4.92 Å². The van der Waals surface area contributed by atoms with E-state index in [-0.39, 0.29) is 5.69 Å². The molecule has 0 radical (unpaired) electrons. The van der Waals surface area contributed by atoms with Crippen molar-refractivity contribution in [2.75, 3.05) is 0 Å². The quantitative estimate of drug-likeness (QED) is 0.532. The molecule has 2 aromatic heterocycles. The molecular weight excluding hydrogens is 256 g/mol. The number of rotatable bonds is 3. The number of para-hydroxylation sites is 1. The summed E-state index contributed by atoms with van der Waals surface area (Å²) in [5, 5.41) is 11.9. The van der Waals surface area contributed by atoms with Crippen LogP contribution in [0.2, 0.25) is 0 Å². The van der Waals surface area contributed by atoms with Crippen LogP contribution in [-0.2, 0) is 0 Å². The van der Waals surface area contributed by atoms with Gasteiger partial charge in [-0.3, -0.25) is 10.1 Å². The first kappa shape index (κ1) is 12.1. The zero-order valence-electron chi connectivity index (χ0n) is 10.4. The largest absolute Gasteiger partial charge is 0.465 e. The van der Waals surface area contributed by atoms with Crippen LogP contribution in [0, 0.1) is 10.1 Å². The Bertz CT molecular complexity index is 792. The van der Waals surface area contributed by atoms with Crippen LogP contribution in [-0.4, -0.2) is 9.91 Å². The highest BCUT2D eigenvalue weighted by molar-refractivity contribution is 5.84. The Morgan fingerprint density at radius 3 is 2.75 bits per heavy atom. The predicted octanol–water partition coefficient (Wildman–Crippen LogP) is 3.91. The smallest absolute Gasteiger partial charge is 0.295 e. The van der Waals surface area contributed by atoms with Gasteiger partial charge in [0.25, 0.3) is 5.69 Å². The monoisotopic (exact) mass is 266 g/mol. The Morgan fingerprint density at radius 2 is 2.00 bits per heavy atom. The summed E-state index contributed by atoms with van der Waals surface area (Å²) in [6, 6.07) is 12.3. The van der Waals surface area contributed by atoms with Crippen molar-refractivity contribution in [1.82, 2.24) is 4.98 Å². The lowest BCUT2D eigenvalue weighted by Crippen LogP contribution is -1.95. The number of pyridine rings is 1. The van der Waals surface area contributed by atoms with Crippen molar-refractivity contribution in [2.45, 2.75) is 0 Å². The molecule has 0 fully saturated rings. The second-order valence-corrected chi connectivity index (χ2v) is 4.19. The Balaban J connectivity index is 2.12. The highest BCUT2D eigenvalue weighted by Gasteiger charge is 2.14. The predicted molar refractivity (Wildman–Crippen MR) is 76.0 cm³/mol. The molecule has 0 N–H and O–H groups in total. The molecule has 0 amide bonds. The average molecular weight is 266 g/mol. The maximum Gasteiger partial charge on any atom is 0.295 e. The van der Waals surface area contributed by atoms with Crippen molar-refractivity contribution >= 4 is 28.7 Å². The van der Waals surface area contributed by atoms with Crippen LogP contribution >= 0.6 is 0 Å². The van der Waals surface area contributed by atoms with Crippen LogP contribution in [0.3, 0.4) is 0 Å². The number of aromatic nitrogens is 1. The number of furan rings is 1. The Morgan fingerprint density at radius 1 is 1.15 bits per heavy atom. The van der Waals surface area contributed by atoms with E-state index in [4.69, 9.17) is 4.42 Å². The van der Waals surface area contributed by atoms with Crippen LogP contribution in [0.4, 0.5) is 5.69 Å². The van der Waals surface area contributed by atoms with E-state index in [0.29, 0.717) is 11.5 Å². The first-order valence-electron chi connectivity index (χ1n) is 6.00. The summed E-state index contributed by atoms with van der Waals surface area (Å²) < 4.78 is 5.16. The fourth-order valence-corrected chi connectivity index (χ4v) is 1.94. The molecule has 0 unspecified atom stereocenters. The molecule has 0 atom stereocenters. The summed E-state index contributed by atoms with van der Waals surface area (Å²) in [5.41, 5.74) is 1.01. The summed E-state index contributed by atoms with van der Waals surface area (Å²) in [4.78, 5) is 15.0. The highest BCUT2D eigenvalue weighted by atomic mass is 16.6. The normalized spacial score (nSPS) is 11.2. The molecule has 0 saturated carbocycles. The first-order valence-corrected chi connectivity index (χ1v) is 6.00. The Hall–Kier alpha value is -2.95. The van der Waals surface area contributed by atoms with E-state index in [2.05, 4.69) is 4.98 Å². The zero-order valence-corrected chi connectivity index (χ0v) is 10.4. The third-order valence-corrected chi connectivity index (χ3v) is 2.88. The van der Waals surface area contributed by atoms with Gasteiger partial charge in [0.1, 0.15) is 11.5 Å². The molecule has 1 aromatic carbocycles. The van der Waals surface area contributed by atoms with Crippen LogP contribution in [0.15, 0.2) is 53.1 Å². The third-order valence-electron chi connectivity index (χ3n) is 2.88. The van der Waals surface area contributed by atoms with Gasteiger partial charge in [-0.25, -0.2) is 4.98 Å². The van der Waals surface area contributed by atoms with Gasteiger partial charge in [-0.05, 0) is 30.4 Å². The van der Waals surface area contributed by atoms with Crippen LogP contribution in [0.1, 0.15) is 11.5 Å². The molecule has 3 rings (SSSR count). The zero-order chi connectivity index (χ0) is 13.9. The van der Waals surface area contributed by atoms with Gasteiger partial charge in [-0.15, -0.1) is 0 Å². The number of hydrogen-bond donors (Lipinski definition) is 0. The number of fused-ring (bicyclic) bond motifs is 1. The second-order valence-electron chi connectivity index (χ2n) is 4.19. The lowest BCUT2D eigenvalue weighted by molar-refractivity contribution is -0.385. The van der Waals surface area contributed by atoms with E-state index in [1.54, 1.807) is 36.6 Å². The van der Waals surface area contributed by atoms with Gasteiger partial charge in [0.15, 0.2) is 0 Å². The fourth-order valence-electron chi connectivity index (χ4n) is 1.94. The summed E-state index contributed by atoms with van der Waals surface area (Å²) >= 11 is 0. The minimum Gasteiger partial charge on any atom is -0.465 e. The molecule has 0 aliphatic heterocycles. The van der Waals surface area contributed by atoms with Crippen molar-refractivity contribution in [1.29, 1.82) is 0 Å². The highest BCUT2D eigenvalue weighted by Crippen LogP contribution is 2.24. The van der Waals surface area contributed by atoms with Gasteiger partial charge >= 0.3 is 0 Å². The molecule has 0 aliphatic rings. The molecule has 3 aromatic rings. The Labute approximate surface area is 114 Å². The molecular formula is C15H10N2O3. The lowest BCUT2D eigenvalue weighted by Gasteiger charge is -2.00. The number of nitrogens with zero attached hydrogens (tertiary/aromatic N) is 2. The van der Waals surface area contributed by atoms with Gasteiger partial charge in [0.2, 0.25) is 0 Å². The number of nitro groups is 1. The van der Waals surface area contributed by atoms with Gasteiger partial charge in [0, 0.05) is 11.5 Å². The molecule has 5 nitrogen and oxygen atoms in total. The van der Waals surface area contributed by atoms with E-state index in [1.807, 2.05) is 18.2 Å². The molecule has 0 spiro atoms. The Kier molecular flexibility index (Phi) is 3.01. The SMILES string of the molecule is O=[N+]([O-])c1cc2ccccc2nc1C=Cc1ccco1. The van der Waals surface area contributed by atoms with Crippen LogP contribution in [0.25, 0.3) is 23.1 Å². The van der Waals surface area contributed by atoms with Gasteiger partial charge in [-0.1, -0.05) is 18.2 Å². The van der Waals surface area contributed by atoms with Crippen molar-refractivity contribution < 1.29 is 9.34 Å². The molecule has 20 heavy (non-hydrogen) atoms. The fraction of sp³-hybridized carbons (Fsp3) is 0. The van der Waals surface area contributed by atoms with Gasteiger partial charge in [-0.2, -0.15) is 0 Å². The summed E-state index contributed by atoms with van der Waals surface area (Å²) in [7, 11) is 0. The molecule has 98 valence electrons. The topological polar surface area (TPSA) is 69.2 Å². The van der Waals surface area contributed by atoms with Crippen LogP contribution < -0.4 is 0 Å². The molecule has 0 saturated heterocycles. The van der Waals surface area contributed by atoms with Crippen molar-refractivity contribution in [3.05, 3.63) is 70.3 Å². The van der Waals surface area contributed by atoms with Crippen molar-refractivity contribution in [3.63, 3.8) is 0 Å². The maximum absolute atomic E-state index is 11.1. The van der Waals surface area contributed by atoms with E-state index in [0.717, 1.165) is 10.9 Å². The molecule has 2 heterocycles. The molecule has 0 aliphatic carbocycles. The minimum atomic E-state index is -0.429. The van der Waals surface area contributed by atoms with E-state index >= 15 is 0 Å². The average Bonchev–Trinajstić information content (AvgIpc) is 2.97. The maximum atomic E-state index is 11.1. The second kappa shape index (κ2) is 4.97.